The second-order valence-corrected chi connectivity index (χ2v) is 6.79. The van der Waals surface area contributed by atoms with E-state index in [1.807, 2.05) is 18.9 Å². The summed E-state index contributed by atoms with van der Waals surface area (Å²) in [5.41, 5.74) is 1.94. The van der Waals surface area contributed by atoms with Crippen molar-refractivity contribution in [2.45, 2.75) is 44.8 Å². The Labute approximate surface area is 145 Å². The molecule has 1 saturated heterocycles. The number of amides is 2. The Bertz CT molecular complexity index is 793. The zero-order valence-electron chi connectivity index (χ0n) is 14.3. The van der Waals surface area contributed by atoms with Crippen LogP contribution in [0.4, 0.5) is 0 Å². The fraction of sp³-hybridized carbons (Fsp3) is 0.529. The average molecular weight is 343 g/mol. The van der Waals surface area contributed by atoms with Gasteiger partial charge >= 0.3 is 0 Å². The summed E-state index contributed by atoms with van der Waals surface area (Å²) in [6, 6.07) is 1.71. The molecule has 2 amide bonds. The minimum absolute atomic E-state index is 0.0515. The Balaban J connectivity index is 1.59. The summed E-state index contributed by atoms with van der Waals surface area (Å²) < 4.78 is 6.80. The molecule has 2 fully saturated rings. The first-order valence-corrected chi connectivity index (χ1v) is 8.53. The highest BCUT2D eigenvalue weighted by molar-refractivity contribution is 5.90. The van der Waals surface area contributed by atoms with Gasteiger partial charge in [0.05, 0.1) is 30.9 Å². The summed E-state index contributed by atoms with van der Waals surface area (Å²) in [6.45, 7) is 2.24. The first-order chi connectivity index (χ1) is 12.1. The second kappa shape index (κ2) is 6.02. The molecule has 0 spiro atoms. The third kappa shape index (κ3) is 2.81. The summed E-state index contributed by atoms with van der Waals surface area (Å²) in [5, 5.41) is 10.8. The minimum atomic E-state index is -0.418. The zero-order chi connectivity index (χ0) is 17.6. The Kier molecular flexibility index (Phi) is 3.82. The molecule has 0 unspecified atom stereocenters. The van der Waals surface area contributed by atoms with Gasteiger partial charge in [0.2, 0.25) is 11.8 Å². The van der Waals surface area contributed by atoms with Gasteiger partial charge in [0, 0.05) is 36.8 Å². The molecule has 1 aliphatic carbocycles. The van der Waals surface area contributed by atoms with Crippen molar-refractivity contribution in [3.63, 3.8) is 0 Å². The van der Waals surface area contributed by atoms with Crippen molar-refractivity contribution < 1.29 is 14.1 Å². The topological polar surface area (TPSA) is 93.3 Å². The summed E-state index contributed by atoms with van der Waals surface area (Å²) in [7, 11) is 1.87. The molecule has 0 aromatic carbocycles. The number of likely N-dealkylation sites (tertiary alicyclic amines) is 1. The maximum absolute atomic E-state index is 12.8. The van der Waals surface area contributed by atoms with Crippen molar-refractivity contribution in [1.82, 2.24) is 25.2 Å². The average Bonchev–Trinajstić information content (AvgIpc) is 3.02. The Morgan fingerprint density at radius 2 is 2.24 bits per heavy atom. The number of aryl methyl sites for hydroxylation is 1. The first kappa shape index (κ1) is 15.9. The van der Waals surface area contributed by atoms with Gasteiger partial charge in [-0.25, -0.2) is 0 Å². The number of nitrogens with zero attached hydrogens (tertiary/aromatic N) is 4. The van der Waals surface area contributed by atoms with E-state index in [0.29, 0.717) is 5.76 Å². The van der Waals surface area contributed by atoms with Gasteiger partial charge in [0.1, 0.15) is 0 Å². The van der Waals surface area contributed by atoms with Crippen LogP contribution in [-0.2, 0) is 23.2 Å². The second-order valence-electron chi connectivity index (χ2n) is 6.79. The maximum atomic E-state index is 12.8. The van der Waals surface area contributed by atoms with Gasteiger partial charge in [-0.3, -0.25) is 14.3 Å². The van der Waals surface area contributed by atoms with Crippen LogP contribution < -0.4 is 5.32 Å². The van der Waals surface area contributed by atoms with Gasteiger partial charge < -0.3 is 14.7 Å². The molecule has 1 saturated carbocycles. The summed E-state index contributed by atoms with van der Waals surface area (Å²) in [5.74, 6) is 0.0847. The standard InChI is InChI=1S/C17H21N5O3/c1-10-14(9-19-21(10)2)16-13(7-15(23)22(16)11-3-4-11)17(24)18-8-12-5-6-20-25-12/h5-6,9,11,13,16H,3-4,7-8H2,1-2H3,(H,18,24)/t13-,16-/m0/s1. The van der Waals surface area contributed by atoms with Gasteiger partial charge in [-0.1, -0.05) is 5.16 Å². The van der Waals surface area contributed by atoms with Crippen LogP contribution in [0, 0.1) is 12.8 Å². The molecule has 132 valence electrons. The van der Waals surface area contributed by atoms with E-state index in [1.165, 1.54) is 6.20 Å². The molecule has 2 aromatic heterocycles. The maximum Gasteiger partial charge on any atom is 0.226 e. The van der Waals surface area contributed by atoms with Crippen LogP contribution in [0.25, 0.3) is 0 Å². The predicted octanol–water partition coefficient (Wildman–Crippen LogP) is 1.08. The predicted molar refractivity (Wildman–Crippen MR) is 87.0 cm³/mol. The molecule has 3 heterocycles. The normalized spacial score (nSPS) is 23.3. The van der Waals surface area contributed by atoms with E-state index in [9.17, 15) is 9.59 Å². The number of nitrogens with one attached hydrogen (secondary N) is 1. The lowest BCUT2D eigenvalue weighted by Crippen LogP contribution is -2.36. The van der Waals surface area contributed by atoms with E-state index >= 15 is 0 Å². The molecule has 8 heteroatoms. The lowest BCUT2D eigenvalue weighted by Gasteiger charge is -2.28. The van der Waals surface area contributed by atoms with E-state index in [2.05, 4.69) is 15.6 Å². The summed E-state index contributed by atoms with van der Waals surface area (Å²) in [6.07, 6.45) is 5.57. The molecule has 8 nitrogen and oxygen atoms in total. The molecular formula is C17H21N5O3. The van der Waals surface area contributed by atoms with Crippen LogP contribution in [0.3, 0.4) is 0 Å². The lowest BCUT2D eigenvalue weighted by molar-refractivity contribution is -0.129. The Morgan fingerprint density at radius 3 is 2.84 bits per heavy atom. The highest BCUT2D eigenvalue weighted by Gasteiger charge is 2.50. The monoisotopic (exact) mass is 343 g/mol. The van der Waals surface area contributed by atoms with Crippen molar-refractivity contribution in [1.29, 1.82) is 0 Å². The number of aromatic nitrogens is 3. The summed E-state index contributed by atoms with van der Waals surface area (Å²) in [4.78, 5) is 27.3. The number of hydrogen-bond acceptors (Lipinski definition) is 5. The molecule has 0 bridgehead atoms. The SMILES string of the molecule is Cc1c([C@@H]2[C@@H](C(=O)NCc3ccno3)CC(=O)N2C2CC2)cnn1C. The fourth-order valence-electron chi connectivity index (χ4n) is 3.58. The van der Waals surface area contributed by atoms with E-state index in [0.717, 1.165) is 24.1 Å². The van der Waals surface area contributed by atoms with Gasteiger partial charge in [0.15, 0.2) is 5.76 Å². The molecule has 1 N–H and O–H groups in total. The van der Waals surface area contributed by atoms with Crippen molar-refractivity contribution in [2.24, 2.45) is 13.0 Å². The zero-order valence-corrected chi connectivity index (χ0v) is 14.3. The van der Waals surface area contributed by atoms with Gasteiger partial charge in [-0.05, 0) is 19.8 Å². The quantitative estimate of drug-likeness (QED) is 0.877. The lowest BCUT2D eigenvalue weighted by atomic mass is 9.93. The smallest absolute Gasteiger partial charge is 0.226 e. The van der Waals surface area contributed by atoms with Crippen LogP contribution in [0.2, 0.25) is 0 Å². The van der Waals surface area contributed by atoms with Crippen LogP contribution in [0.1, 0.15) is 42.3 Å². The highest BCUT2D eigenvalue weighted by Crippen LogP contribution is 2.45. The van der Waals surface area contributed by atoms with Crippen molar-refractivity contribution in [3.05, 3.63) is 35.5 Å². The highest BCUT2D eigenvalue weighted by atomic mass is 16.5. The Morgan fingerprint density at radius 1 is 1.44 bits per heavy atom. The molecule has 2 aliphatic rings. The first-order valence-electron chi connectivity index (χ1n) is 8.53. The number of hydrogen-bond donors (Lipinski definition) is 1. The van der Waals surface area contributed by atoms with Crippen molar-refractivity contribution in [2.75, 3.05) is 0 Å². The van der Waals surface area contributed by atoms with Crippen LogP contribution >= 0.6 is 0 Å². The molecule has 0 radical (unpaired) electrons. The van der Waals surface area contributed by atoms with Gasteiger partial charge in [-0.15, -0.1) is 0 Å². The fourth-order valence-corrected chi connectivity index (χ4v) is 3.58. The molecule has 25 heavy (non-hydrogen) atoms. The molecule has 2 aromatic rings. The van der Waals surface area contributed by atoms with Crippen LogP contribution in [0.5, 0.6) is 0 Å². The number of carbonyl (C=O) groups is 2. The van der Waals surface area contributed by atoms with Crippen LogP contribution in [-0.4, -0.2) is 37.7 Å². The van der Waals surface area contributed by atoms with E-state index in [-0.39, 0.29) is 36.9 Å². The van der Waals surface area contributed by atoms with Crippen molar-refractivity contribution in [3.8, 4) is 0 Å². The largest absolute Gasteiger partial charge is 0.360 e. The van der Waals surface area contributed by atoms with Gasteiger partial charge in [-0.2, -0.15) is 5.10 Å². The summed E-state index contributed by atoms with van der Waals surface area (Å²) >= 11 is 0. The number of carbonyl (C=O) groups excluding carboxylic acids is 2. The molecule has 1 aliphatic heterocycles. The van der Waals surface area contributed by atoms with E-state index < -0.39 is 5.92 Å². The van der Waals surface area contributed by atoms with E-state index in [4.69, 9.17) is 4.52 Å². The Hall–Kier alpha value is -2.64. The van der Waals surface area contributed by atoms with E-state index in [1.54, 1.807) is 16.9 Å². The van der Waals surface area contributed by atoms with Gasteiger partial charge in [0.25, 0.3) is 0 Å². The van der Waals surface area contributed by atoms with Crippen LogP contribution in [0.15, 0.2) is 23.0 Å². The third-order valence-electron chi connectivity index (χ3n) is 5.16. The third-order valence-corrected chi connectivity index (χ3v) is 5.16. The van der Waals surface area contributed by atoms with Crippen molar-refractivity contribution >= 4 is 11.8 Å². The number of rotatable bonds is 5. The molecule has 2 atom stereocenters. The molecular weight excluding hydrogens is 322 g/mol. The molecule has 4 rings (SSSR count). The minimum Gasteiger partial charge on any atom is -0.360 e.